The molecule has 0 saturated heterocycles. The van der Waals surface area contributed by atoms with Crippen molar-refractivity contribution in [1.29, 1.82) is 0 Å². The van der Waals surface area contributed by atoms with Crippen molar-refractivity contribution in [2.45, 2.75) is 6.42 Å². The lowest BCUT2D eigenvalue weighted by Gasteiger charge is -2.15. The van der Waals surface area contributed by atoms with Gasteiger partial charge < -0.3 is 14.6 Å². The van der Waals surface area contributed by atoms with Gasteiger partial charge in [-0.1, -0.05) is 11.6 Å². The lowest BCUT2D eigenvalue weighted by molar-refractivity contribution is -0.140. The molecule has 0 atom stereocenters. The van der Waals surface area contributed by atoms with Gasteiger partial charge in [-0.25, -0.2) is 0 Å². The lowest BCUT2D eigenvalue weighted by atomic mass is 10.3. The summed E-state index contributed by atoms with van der Waals surface area (Å²) in [6, 6.07) is 1.54. The van der Waals surface area contributed by atoms with Crippen LogP contribution in [0.2, 0.25) is 5.02 Å². The van der Waals surface area contributed by atoms with Crippen LogP contribution in [0.5, 0.6) is 0 Å². The van der Waals surface area contributed by atoms with Gasteiger partial charge in [0, 0.05) is 19.8 Å². The maximum absolute atomic E-state index is 11.7. The van der Waals surface area contributed by atoms with Gasteiger partial charge in [-0.2, -0.15) is 0 Å². The molecule has 0 aliphatic carbocycles. The molecule has 0 aliphatic heterocycles. The van der Waals surface area contributed by atoms with Crippen molar-refractivity contribution in [3.05, 3.63) is 23.0 Å². The van der Waals surface area contributed by atoms with Crippen LogP contribution in [0.4, 0.5) is 0 Å². The molecule has 0 aromatic carbocycles. The Morgan fingerprint density at radius 1 is 1.56 bits per heavy atom. The number of nitrogens with zero attached hydrogens (tertiary/aromatic N) is 1. The molecule has 0 fully saturated rings. The number of aromatic nitrogens is 1. The van der Waals surface area contributed by atoms with Crippen LogP contribution in [0, 0.1) is 0 Å². The molecular weight excluding hydrogens is 232 g/mol. The van der Waals surface area contributed by atoms with Crippen molar-refractivity contribution >= 4 is 23.5 Å². The maximum Gasteiger partial charge on any atom is 0.307 e. The van der Waals surface area contributed by atoms with Crippen LogP contribution >= 0.6 is 11.6 Å². The van der Waals surface area contributed by atoms with Gasteiger partial charge in [0.05, 0.1) is 18.6 Å². The average Bonchev–Trinajstić information content (AvgIpc) is 2.71. The van der Waals surface area contributed by atoms with Gasteiger partial charge in [-0.3, -0.25) is 9.59 Å². The number of hydrogen-bond donors (Lipinski definition) is 1. The number of carbonyl (C=O) groups excluding carboxylic acids is 2. The van der Waals surface area contributed by atoms with Gasteiger partial charge in [-0.05, 0) is 6.07 Å². The highest BCUT2D eigenvalue weighted by Crippen LogP contribution is 2.11. The van der Waals surface area contributed by atoms with Crippen molar-refractivity contribution < 1.29 is 14.3 Å². The van der Waals surface area contributed by atoms with Gasteiger partial charge in [0.1, 0.15) is 5.69 Å². The molecule has 6 heteroatoms. The third kappa shape index (κ3) is 3.27. The minimum atomic E-state index is -0.343. The van der Waals surface area contributed by atoms with E-state index in [0.29, 0.717) is 17.3 Å². The second-order valence-corrected chi connectivity index (χ2v) is 3.72. The highest BCUT2D eigenvalue weighted by Gasteiger charge is 2.14. The Morgan fingerprint density at radius 3 is 2.75 bits per heavy atom. The molecule has 1 aromatic rings. The Kier molecular flexibility index (Phi) is 4.37. The molecule has 1 amide bonds. The molecule has 5 nitrogen and oxygen atoms in total. The molecule has 1 heterocycles. The summed E-state index contributed by atoms with van der Waals surface area (Å²) in [5.74, 6) is -0.556. The summed E-state index contributed by atoms with van der Waals surface area (Å²) < 4.78 is 4.48. The van der Waals surface area contributed by atoms with Crippen molar-refractivity contribution in [2.24, 2.45) is 0 Å². The number of H-pyrrole nitrogens is 1. The van der Waals surface area contributed by atoms with E-state index >= 15 is 0 Å². The van der Waals surface area contributed by atoms with E-state index in [0.717, 1.165) is 0 Å². The average molecular weight is 245 g/mol. The molecule has 1 rings (SSSR count). The first kappa shape index (κ1) is 12.6. The van der Waals surface area contributed by atoms with Crippen LogP contribution < -0.4 is 0 Å². The van der Waals surface area contributed by atoms with Gasteiger partial charge in [-0.15, -0.1) is 0 Å². The van der Waals surface area contributed by atoms with Crippen LogP contribution in [-0.2, 0) is 9.53 Å². The number of esters is 1. The number of hydrogen-bond acceptors (Lipinski definition) is 3. The second kappa shape index (κ2) is 5.55. The number of amides is 1. The number of rotatable bonds is 4. The van der Waals surface area contributed by atoms with E-state index in [-0.39, 0.29) is 18.3 Å². The number of aromatic amines is 1. The van der Waals surface area contributed by atoms with Crippen LogP contribution in [0.1, 0.15) is 16.9 Å². The fourth-order valence-corrected chi connectivity index (χ4v) is 1.32. The van der Waals surface area contributed by atoms with Crippen molar-refractivity contribution in [3.63, 3.8) is 0 Å². The Labute approximate surface area is 98.3 Å². The standard InChI is InChI=1S/C10H13ClN2O3/c1-13(4-3-9(14)16-2)10(15)8-5-7(11)6-12-8/h5-6,12H,3-4H2,1-2H3. The maximum atomic E-state index is 11.7. The smallest absolute Gasteiger partial charge is 0.307 e. The van der Waals surface area contributed by atoms with E-state index in [4.69, 9.17) is 11.6 Å². The summed E-state index contributed by atoms with van der Waals surface area (Å²) in [6.07, 6.45) is 1.70. The molecule has 0 bridgehead atoms. The summed E-state index contributed by atoms with van der Waals surface area (Å²) in [6.45, 7) is 0.308. The summed E-state index contributed by atoms with van der Waals surface area (Å²) in [4.78, 5) is 26.8. The largest absolute Gasteiger partial charge is 0.469 e. The van der Waals surface area contributed by atoms with E-state index in [1.807, 2.05) is 0 Å². The normalized spacial score (nSPS) is 9.94. The Balaban J connectivity index is 2.51. The zero-order valence-corrected chi connectivity index (χ0v) is 9.87. The van der Waals surface area contributed by atoms with E-state index in [9.17, 15) is 9.59 Å². The Morgan fingerprint density at radius 2 is 2.25 bits per heavy atom. The monoisotopic (exact) mass is 244 g/mol. The number of nitrogens with one attached hydrogen (secondary N) is 1. The molecule has 0 unspecified atom stereocenters. The zero-order valence-electron chi connectivity index (χ0n) is 9.12. The molecule has 0 saturated carbocycles. The molecule has 1 N–H and O–H groups in total. The molecule has 1 aromatic heterocycles. The molecule has 0 radical (unpaired) electrons. The van der Waals surface area contributed by atoms with E-state index < -0.39 is 0 Å². The first-order chi connectivity index (χ1) is 7.54. The third-order valence-electron chi connectivity index (χ3n) is 2.10. The predicted octanol–water partition coefficient (Wildman–Crippen LogP) is 1.30. The van der Waals surface area contributed by atoms with Crippen molar-refractivity contribution in [3.8, 4) is 0 Å². The fraction of sp³-hybridized carbons (Fsp3) is 0.400. The third-order valence-corrected chi connectivity index (χ3v) is 2.32. The summed E-state index contributed by atoms with van der Waals surface area (Å²) in [7, 11) is 2.93. The zero-order chi connectivity index (χ0) is 12.1. The Hall–Kier alpha value is -1.49. The minimum Gasteiger partial charge on any atom is -0.469 e. The SMILES string of the molecule is COC(=O)CCN(C)C(=O)c1cc(Cl)c[nH]1. The minimum absolute atomic E-state index is 0.174. The quantitative estimate of drug-likeness (QED) is 0.813. The van der Waals surface area contributed by atoms with Crippen molar-refractivity contribution in [1.82, 2.24) is 9.88 Å². The van der Waals surface area contributed by atoms with Crippen LogP contribution in [-0.4, -0.2) is 42.5 Å². The highest BCUT2D eigenvalue weighted by atomic mass is 35.5. The van der Waals surface area contributed by atoms with Crippen LogP contribution in [0.3, 0.4) is 0 Å². The number of methoxy groups -OCH3 is 1. The van der Waals surface area contributed by atoms with E-state index in [1.165, 1.54) is 18.2 Å². The number of carbonyl (C=O) groups is 2. The second-order valence-electron chi connectivity index (χ2n) is 3.28. The van der Waals surface area contributed by atoms with E-state index in [2.05, 4.69) is 9.72 Å². The molecule has 88 valence electrons. The molecule has 0 spiro atoms. The van der Waals surface area contributed by atoms with Gasteiger partial charge in [0.2, 0.25) is 0 Å². The molecular formula is C10H13ClN2O3. The predicted molar refractivity (Wildman–Crippen MR) is 59.4 cm³/mol. The van der Waals surface area contributed by atoms with Gasteiger partial charge in [0.15, 0.2) is 0 Å². The van der Waals surface area contributed by atoms with Crippen LogP contribution in [0.15, 0.2) is 12.3 Å². The molecule has 0 aliphatic rings. The van der Waals surface area contributed by atoms with Crippen molar-refractivity contribution in [2.75, 3.05) is 20.7 Å². The summed E-state index contributed by atoms with van der Waals surface area (Å²) in [5.41, 5.74) is 0.400. The summed E-state index contributed by atoms with van der Waals surface area (Å²) >= 11 is 5.68. The highest BCUT2D eigenvalue weighted by molar-refractivity contribution is 6.30. The fourth-order valence-electron chi connectivity index (χ4n) is 1.16. The van der Waals surface area contributed by atoms with Crippen LogP contribution in [0.25, 0.3) is 0 Å². The number of ether oxygens (including phenoxy) is 1. The van der Waals surface area contributed by atoms with Gasteiger partial charge in [0.25, 0.3) is 5.91 Å². The topological polar surface area (TPSA) is 62.4 Å². The summed E-state index contributed by atoms with van der Waals surface area (Å²) in [5, 5.41) is 0.477. The first-order valence-electron chi connectivity index (χ1n) is 4.70. The molecule has 16 heavy (non-hydrogen) atoms. The Bertz CT molecular complexity index is 389. The lowest BCUT2D eigenvalue weighted by Crippen LogP contribution is -2.29. The van der Waals surface area contributed by atoms with Gasteiger partial charge >= 0.3 is 5.97 Å². The van der Waals surface area contributed by atoms with E-state index in [1.54, 1.807) is 13.1 Å². The number of halogens is 1. The first-order valence-corrected chi connectivity index (χ1v) is 5.08.